The maximum atomic E-state index is 13.4. The lowest BCUT2D eigenvalue weighted by molar-refractivity contribution is -0.148. The van der Waals surface area contributed by atoms with Gasteiger partial charge in [-0.05, 0) is 55.2 Å². The molecule has 2 N–H and O–H groups in total. The zero-order valence-corrected chi connectivity index (χ0v) is 17.7. The van der Waals surface area contributed by atoms with Crippen molar-refractivity contribution in [2.24, 2.45) is 0 Å². The minimum absolute atomic E-state index is 0.00291. The van der Waals surface area contributed by atoms with Gasteiger partial charge in [0.25, 0.3) is 5.91 Å². The van der Waals surface area contributed by atoms with Crippen LogP contribution in [0.4, 0.5) is 4.39 Å². The molecular formula is C23H22ClFN2O4. The largest absolute Gasteiger partial charge is 0.497 e. The molecule has 0 atom stereocenters. The Balaban J connectivity index is 1.20. The van der Waals surface area contributed by atoms with Crippen molar-refractivity contribution in [3.8, 4) is 11.5 Å². The second-order valence-electron chi connectivity index (χ2n) is 8.10. The molecule has 31 heavy (non-hydrogen) atoms. The van der Waals surface area contributed by atoms with Gasteiger partial charge in [0.05, 0.1) is 12.1 Å². The highest BCUT2D eigenvalue weighted by Gasteiger charge is 2.69. The van der Waals surface area contributed by atoms with Crippen LogP contribution in [0.15, 0.2) is 48.5 Å². The number of benzene rings is 2. The molecule has 6 nitrogen and oxygen atoms in total. The van der Waals surface area contributed by atoms with Crippen LogP contribution in [0.2, 0.25) is 5.02 Å². The average molecular weight is 445 g/mol. The molecule has 0 heterocycles. The standard InChI is InChI=1S/C23H22ClFN2O4/c1-30-16-5-2-15(3-6-16)4-9-20(28)26-22-12-23(13-22,14-22)27-21(29)11-31-17-7-8-18(24)19(25)10-17/h2-10H,11-14H2,1H3,(H,26,28)(H,27,29)/b9-4+. The molecule has 2 aromatic carbocycles. The maximum Gasteiger partial charge on any atom is 0.258 e. The van der Waals surface area contributed by atoms with Crippen molar-refractivity contribution in [1.29, 1.82) is 0 Å². The first-order valence-corrected chi connectivity index (χ1v) is 10.2. The van der Waals surface area contributed by atoms with E-state index in [1.807, 2.05) is 24.3 Å². The lowest BCUT2D eigenvalue weighted by Crippen LogP contribution is -2.83. The number of hydrogen-bond donors (Lipinski definition) is 2. The summed E-state index contributed by atoms with van der Waals surface area (Å²) in [5, 5.41) is 5.99. The van der Waals surface area contributed by atoms with Gasteiger partial charge < -0.3 is 20.1 Å². The van der Waals surface area contributed by atoms with Gasteiger partial charge in [0.15, 0.2) is 6.61 Å². The Morgan fingerprint density at radius 3 is 2.35 bits per heavy atom. The first-order chi connectivity index (χ1) is 14.8. The Kier molecular flexibility index (Phi) is 5.62. The molecule has 5 rings (SSSR count). The van der Waals surface area contributed by atoms with Crippen LogP contribution < -0.4 is 20.1 Å². The molecular weight excluding hydrogens is 423 g/mol. The van der Waals surface area contributed by atoms with Crippen molar-refractivity contribution < 1.29 is 23.5 Å². The van der Waals surface area contributed by atoms with E-state index in [2.05, 4.69) is 10.6 Å². The SMILES string of the molecule is COc1ccc(/C=C/C(=O)NC23CC(NC(=O)COc4ccc(Cl)c(F)c4)(C2)C3)cc1. The summed E-state index contributed by atoms with van der Waals surface area (Å²) in [6.07, 6.45) is 5.30. The van der Waals surface area contributed by atoms with Crippen molar-refractivity contribution in [3.05, 3.63) is 64.9 Å². The third kappa shape index (κ3) is 4.66. The lowest BCUT2D eigenvalue weighted by Gasteiger charge is -2.70. The van der Waals surface area contributed by atoms with E-state index in [4.69, 9.17) is 21.1 Å². The van der Waals surface area contributed by atoms with Crippen LogP contribution in [-0.4, -0.2) is 36.6 Å². The van der Waals surface area contributed by atoms with Crippen LogP contribution in [-0.2, 0) is 9.59 Å². The summed E-state index contributed by atoms with van der Waals surface area (Å²) in [6.45, 7) is -0.215. The van der Waals surface area contributed by atoms with Crippen molar-refractivity contribution in [2.45, 2.75) is 30.3 Å². The van der Waals surface area contributed by atoms with Gasteiger partial charge in [0.1, 0.15) is 17.3 Å². The monoisotopic (exact) mass is 444 g/mol. The van der Waals surface area contributed by atoms with Crippen molar-refractivity contribution in [3.63, 3.8) is 0 Å². The summed E-state index contributed by atoms with van der Waals surface area (Å²) in [5.74, 6) is -0.0498. The quantitative estimate of drug-likeness (QED) is 0.611. The smallest absolute Gasteiger partial charge is 0.258 e. The predicted molar refractivity (Wildman–Crippen MR) is 115 cm³/mol. The third-order valence-corrected chi connectivity index (χ3v) is 5.93. The Labute approximate surface area is 184 Å². The second-order valence-corrected chi connectivity index (χ2v) is 8.51. The molecule has 2 aromatic rings. The number of carbonyl (C=O) groups excluding carboxylic acids is 2. The molecule has 0 saturated heterocycles. The molecule has 3 fully saturated rings. The summed E-state index contributed by atoms with van der Waals surface area (Å²) in [6, 6.07) is 11.4. The molecule has 0 unspecified atom stereocenters. The fourth-order valence-electron chi connectivity index (χ4n) is 4.29. The number of amides is 2. The molecule has 2 amide bonds. The number of halogens is 2. The Hall–Kier alpha value is -3.06. The summed E-state index contributed by atoms with van der Waals surface area (Å²) >= 11 is 5.62. The Bertz CT molecular complexity index is 1020. The normalized spacial score (nSPS) is 23.5. The highest BCUT2D eigenvalue weighted by molar-refractivity contribution is 6.30. The van der Waals surface area contributed by atoms with E-state index in [-0.39, 0.29) is 40.3 Å². The van der Waals surface area contributed by atoms with Crippen molar-refractivity contribution in [1.82, 2.24) is 10.6 Å². The number of methoxy groups -OCH3 is 1. The highest BCUT2D eigenvalue weighted by atomic mass is 35.5. The van der Waals surface area contributed by atoms with E-state index < -0.39 is 5.82 Å². The van der Waals surface area contributed by atoms with Gasteiger partial charge in [-0.15, -0.1) is 0 Å². The average Bonchev–Trinajstić information content (AvgIpc) is 2.71. The van der Waals surface area contributed by atoms with Gasteiger partial charge in [-0.25, -0.2) is 4.39 Å². The van der Waals surface area contributed by atoms with Gasteiger partial charge >= 0.3 is 0 Å². The van der Waals surface area contributed by atoms with Crippen LogP contribution in [0.25, 0.3) is 6.08 Å². The fourth-order valence-corrected chi connectivity index (χ4v) is 4.41. The molecule has 162 valence electrons. The Morgan fingerprint density at radius 2 is 1.71 bits per heavy atom. The number of rotatable bonds is 8. The topological polar surface area (TPSA) is 76.7 Å². The molecule has 0 spiro atoms. The van der Waals surface area contributed by atoms with E-state index in [0.717, 1.165) is 17.4 Å². The van der Waals surface area contributed by atoms with Crippen LogP contribution in [0.5, 0.6) is 11.5 Å². The van der Waals surface area contributed by atoms with Crippen LogP contribution in [0.1, 0.15) is 24.8 Å². The zero-order valence-electron chi connectivity index (χ0n) is 16.9. The summed E-state index contributed by atoms with van der Waals surface area (Å²) in [5.41, 5.74) is 0.353. The maximum absolute atomic E-state index is 13.4. The number of hydrogen-bond acceptors (Lipinski definition) is 4. The zero-order chi connectivity index (χ0) is 22.1. The molecule has 3 saturated carbocycles. The minimum atomic E-state index is -0.599. The van der Waals surface area contributed by atoms with Gasteiger partial charge in [0, 0.05) is 23.2 Å². The summed E-state index contributed by atoms with van der Waals surface area (Å²) < 4.78 is 23.8. The summed E-state index contributed by atoms with van der Waals surface area (Å²) in [4.78, 5) is 24.4. The van der Waals surface area contributed by atoms with Crippen molar-refractivity contribution in [2.75, 3.05) is 13.7 Å². The molecule has 8 heteroatoms. The van der Waals surface area contributed by atoms with E-state index in [9.17, 15) is 14.0 Å². The number of carbonyl (C=O) groups is 2. The second kappa shape index (κ2) is 8.23. The first-order valence-electron chi connectivity index (χ1n) is 9.84. The molecule has 2 bridgehead atoms. The van der Waals surface area contributed by atoms with Crippen LogP contribution in [0.3, 0.4) is 0 Å². The molecule has 3 aliphatic rings. The molecule has 0 aliphatic heterocycles. The van der Waals surface area contributed by atoms with Gasteiger partial charge in [0.2, 0.25) is 5.91 Å². The third-order valence-electron chi connectivity index (χ3n) is 5.63. The number of nitrogens with one attached hydrogen (secondary N) is 2. The van der Waals surface area contributed by atoms with E-state index in [0.29, 0.717) is 19.3 Å². The van der Waals surface area contributed by atoms with Crippen molar-refractivity contribution >= 4 is 29.5 Å². The molecule has 3 aliphatic carbocycles. The molecule has 0 aromatic heterocycles. The lowest BCUT2D eigenvalue weighted by atomic mass is 9.44. The van der Waals surface area contributed by atoms with Crippen LogP contribution >= 0.6 is 11.6 Å². The van der Waals surface area contributed by atoms with Gasteiger partial charge in [-0.2, -0.15) is 0 Å². The van der Waals surface area contributed by atoms with E-state index >= 15 is 0 Å². The van der Waals surface area contributed by atoms with Gasteiger partial charge in [-0.1, -0.05) is 23.7 Å². The number of ether oxygens (including phenoxy) is 2. The fraction of sp³-hybridized carbons (Fsp3) is 0.304. The highest BCUT2D eigenvalue weighted by Crippen LogP contribution is 2.60. The van der Waals surface area contributed by atoms with E-state index in [1.54, 1.807) is 13.2 Å². The van der Waals surface area contributed by atoms with Crippen LogP contribution in [0, 0.1) is 5.82 Å². The first kappa shape index (κ1) is 21.2. The predicted octanol–water partition coefficient (Wildman–Crippen LogP) is 3.49. The van der Waals surface area contributed by atoms with E-state index in [1.165, 1.54) is 18.2 Å². The van der Waals surface area contributed by atoms with Gasteiger partial charge in [-0.3, -0.25) is 9.59 Å². The summed E-state index contributed by atoms with van der Waals surface area (Å²) in [7, 11) is 1.60. The molecule has 0 radical (unpaired) electrons. The Morgan fingerprint density at radius 1 is 1.06 bits per heavy atom. The minimum Gasteiger partial charge on any atom is -0.497 e.